The predicted octanol–water partition coefficient (Wildman–Crippen LogP) is 1.08. The molecule has 0 fully saturated rings. The maximum absolute atomic E-state index is 11.3. The number of carbonyl (C=O) groups excluding carboxylic acids is 1. The van der Waals surface area contributed by atoms with Crippen molar-refractivity contribution in [2.24, 2.45) is 0 Å². The van der Waals surface area contributed by atoms with E-state index in [9.17, 15) is 9.90 Å². The lowest BCUT2D eigenvalue weighted by Gasteiger charge is -2.19. The molecule has 0 radical (unpaired) electrons. The van der Waals surface area contributed by atoms with Crippen molar-refractivity contribution in [1.29, 1.82) is 0 Å². The van der Waals surface area contributed by atoms with Gasteiger partial charge in [0.25, 0.3) is 0 Å². The Labute approximate surface area is 82.2 Å². The predicted molar refractivity (Wildman–Crippen MR) is 52.2 cm³/mol. The smallest absolute Gasteiger partial charge is 0.225 e. The number of amides is 1. The Morgan fingerprint density at radius 1 is 1.71 bits per heavy atom. The summed E-state index contributed by atoms with van der Waals surface area (Å²) in [6.45, 7) is 3.50. The molecule has 1 amide bonds. The highest BCUT2D eigenvalue weighted by atomic mass is 16.3. The Morgan fingerprint density at radius 3 is 3.07 bits per heavy atom. The van der Waals surface area contributed by atoms with Gasteiger partial charge in [0.15, 0.2) is 0 Å². The van der Waals surface area contributed by atoms with Crippen LogP contribution in [0, 0.1) is 0 Å². The number of nitrogens with zero attached hydrogens (tertiary/aromatic N) is 2. The molecule has 74 valence electrons. The molecule has 1 aliphatic rings. The molecule has 1 unspecified atom stereocenters. The van der Waals surface area contributed by atoms with E-state index in [4.69, 9.17) is 0 Å². The monoisotopic (exact) mass is 192 g/mol. The maximum atomic E-state index is 11.3. The normalized spacial score (nSPS) is 19.6. The largest absolute Gasteiger partial charge is 0.506 e. The Kier molecular flexibility index (Phi) is 1.91. The second-order valence-corrected chi connectivity index (χ2v) is 3.62. The van der Waals surface area contributed by atoms with E-state index in [1.54, 1.807) is 11.0 Å². The highest BCUT2D eigenvalue weighted by Gasteiger charge is 2.30. The zero-order valence-corrected chi connectivity index (χ0v) is 8.19. The SMILES string of the molecule is CC(=O)N1c2ncc(O)cc2CC1C. The van der Waals surface area contributed by atoms with Gasteiger partial charge in [-0.3, -0.25) is 9.69 Å². The molecule has 0 aliphatic carbocycles. The van der Waals surface area contributed by atoms with Crippen LogP contribution in [0.4, 0.5) is 5.82 Å². The first-order valence-electron chi connectivity index (χ1n) is 4.57. The number of rotatable bonds is 0. The van der Waals surface area contributed by atoms with Crippen LogP contribution in [0.2, 0.25) is 0 Å². The molecule has 0 spiro atoms. The van der Waals surface area contributed by atoms with Crippen molar-refractivity contribution in [3.05, 3.63) is 17.8 Å². The van der Waals surface area contributed by atoms with Crippen LogP contribution in [0.25, 0.3) is 0 Å². The average Bonchev–Trinajstić information content (AvgIpc) is 2.39. The molecule has 2 heterocycles. The fourth-order valence-corrected chi connectivity index (χ4v) is 1.94. The molecular weight excluding hydrogens is 180 g/mol. The first-order valence-corrected chi connectivity index (χ1v) is 4.57. The van der Waals surface area contributed by atoms with E-state index in [0.717, 1.165) is 12.0 Å². The van der Waals surface area contributed by atoms with Gasteiger partial charge in [0.2, 0.25) is 5.91 Å². The highest BCUT2D eigenvalue weighted by Crippen LogP contribution is 2.31. The topological polar surface area (TPSA) is 53.4 Å². The summed E-state index contributed by atoms with van der Waals surface area (Å²) in [5.74, 6) is 0.832. The van der Waals surface area contributed by atoms with Crippen LogP contribution in [0.1, 0.15) is 19.4 Å². The summed E-state index contributed by atoms with van der Waals surface area (Å²) in [6.07, 6.45) is 2.13. The standard InChI is InChI=1S/C10H12N2O2/c1-6-3-8-4-9(14)5-11-10(8)12(6)7(2)13/h4-6,14H,3H2,1-2H3. The van der Waals surface area contributed by atoms with Crippen molar-refractivity contribution < 1.29 is 9.90 Å². The minimum atomic E-state index is -0.00515. The Morgan fingerprint density at radius 2 is 2.43 bits per heavy atom. The van der Waals surface area contributed by atoms with Gasteiger partial charge in [-0.1, -0.05) is 0 Å². The second kappa shape index (κ2) is 2.97. The molecule has 0 saturated heterocycles. The van der Waals surface area contributed by atoms with E-state index in [2.05, 4.69) is 4.98 Å². The Balaban J connectivity index is 2.48. The quantitative estimate of drug-likeness (QED) is 0.669. The molecule has 1 aromatic heterocycles. The average molecular weight is 192 g/mol. The first kappa shape index (κ1) is 8.99. The van der Waals surface area contributed by atoms with Gasteiger partial charge in [-0.25, -0.2) is 4.98 Å². The zero-order valence-electron chi connectivity index (χ0n) is 8.19. The van der Waals surface area contributed by atoms with Gasteiger partial charge in [0.05, 0.1) is 6.20 Å². The van der Waals surface area contributed by atoms with Crippen LogP contribution in [-0.4, -0.2) is 22.0 Å². The summed E-state index contributed by atoms with van der Waals surface area (Å²) >= 11 is 0. The molecule has 1 aliphatic heterocycles. The lowest BCUT2D eigenvalue weighted by Crippen LogP contribution is -2.34. The number of aromatic nitrogens is 1. The van der Waals surface area contributed by atoms with Crippen LogP contribution < -0.4 is 4.90 Å². The van der Waals surface area contributed by atoms with Crippen LogP contribution in [0.3, 0.4) is 0 Å². The van der Waals surface area contributed by atoms with E-state index < -0.39 is 0 Å². The fourth-order valence-electron chi connectivity index (χ4n) is 1.94. The van der Waals surface area contributed by atoms with Crippen molar-refractivity contribution in [3.8, 4) is 5.75 Å². The van der Waals surface area contributed by atoms with Gasteiger partial charge in [0.1, 0.15) is 11.6 Å². The van der Waals surface area contributed by atoms with Crippen molar-refractivity contribution in [2.75, 3.05) is 4.90 Å². The summed E-state index contributed by atoms with van der Waals surface area (Å²) in [5, 5.41) is 9.24. The number of fused-ring (bicyclic) bond motifs is 1. The summed E-state index contributed by atoms with van der Waals surface area (Å²) < 4.78 is 0. The van der Waals surface area contributed by atoms with Crippen LogP contribution in [-0.2, 0) is 11.2 Å². The van der Waals surface area contributed by atoms with Crippen molar-refractivity contribution in [3.63, 3.8) is 0 Å². The van der Waals surface area contributed by atoms with Gasteiger partial charge in [-0.2, -0.15) is 0 Å². The van der Waals surface area contributed by atoms with Crippen LogP contribution in [0.15, 0.2) is 12.3 Å². The molecule has 2 rings (SSSR count). The zero-order chi connectivity index (χ0) is 10.3. The minimum Gasteiger partial charge on any atom is -0.506 e. The lowest BCUT2D eigenvalue weighted by atomic mass is 10.2. The molecule has 0 saturated carbocycles. The van der Waals surface area contributed by atoms with Crippen LogP contribution in [0.5, 0.6) is 5.75 Å². The Bertz CT molecular complexity index is 390. The van der Waals surface area contributed by atoms with Gasteiger partial charge < -0.3 is 5.11 Å². The van der Waals surface area contributed by atoms with E-state index in [0.29, 0.717) is 5.82 Å². The molecule has 1 N–H and O–H groups in total. The molecule has 1 aromatic rings. The third-order valence-corrected chi connectivity index (χ3v) is 2.45. The Hall–Kier alpha value is -1.58. The first-order chi connectivity index (χ1) is 6.59. The number of carbonyl (C=O) groups is 1. The summed E-state index contributed by atoms with van der Waals surface area (Å²) in [6, 6.07) is 1.80. The summed E-state index contributed by atoms with van der Waals surface area (Å²) in [4.78, 5) is 17.1. The number of pyridine rings is 1. The molecular formula is C10H12N2O2. The minimum absolute atomic E-state index is 0.00515. The lowest BCUT2D eigenvalue weighted by molar-refractivity contribution is -0.116. The van der Waals surface area contributed by atoms with Crippen molar-refractivity contribution in [1.82, 2.24) is 4.98 Å². The molecule has 14 heavy (non-hydrogen) atoms. The van der Waals surface area contributed by atoms with E-state index in [1.807, 2.05) is 6.92 Å². The van der Waals surface area contributed by atoms with Gasteiger partial charge in [-0.15, -0.1) is 0 Å². The van der Waals surface area contributed by atoms with E-state index in [1.165, 1.54) is 13.1 Å². The number of aromatic hydroxyl groups is 1. The molecule has 0 bridgehead atoms. The summed E-state index contributed by atoms with van der Waals surface area (Å²) in [7, 11) is 0. The number of anilines is 1. The highest BCUT2D eigenvalue weighted by molar-refractivity contribution is 5.93. The third kappa shape index (κ3) is 1.23. The molecule has 1 atom stereocenters. The van der Waals surface area contributed by atoms with Crippen molar-refractivity contribution in [2.45, 2.75) is 26.3 Å². The second-order valence-electron chi connectivity index (χ2n) is 3.62. The molecule has 4 nitrogen and oxygen atoms in total. The molecule has 4 heteroatoms. The number of hydrogen-bond donors (Lipinski definition) is 1. The van der Waals surface area contributed by atoms with Gasteiger partial charge in [-0.05, 0) is 19.4 Å². The molecule has 0 aromatic carbocycles. The van der Waals surface area contributed by atoms with Gasteiger partial charge in [0, 0.05) is 18.5 Å². The summed E-state index contributed by atoms with van der Waals surface area (Å²) in [5.41, 5.74) is 0.938. The van der Waals surface area contributed by atoms with Crippen molar-refractivity contribution >= 4 is 11.7 Å². The van der Waals surface area contributed by atoms with Gasteiger partial charge >= 0.3 is 0 Å². The third-order valence-electron chi connectivity index (χ3n) is 2.45. The number of hydrogen-bond acceptors (Lipinski definition) is 3. The van der Waals surface area contributed by atoms with E-state index in [-0.39, 0.29) is 17.7 Å². The fraction of sp³-hybridized carbons (Fsp3) is 0.400. The van der Waals surface area contributed by atoms with E-state index >= 15 is 0 Å². The van der Waals surface area contributed by atoms with Crippen LogP contribution >= 0.6 is 0 Å². The maximum Gasteiger partial charge on any atom is 0.225 e.